The SMILES string of the molecule is CC/C(=C/C(=C\NC)c1nnco1)CN1CCN(C2CCN(CC3=C(F)CC=CC=C3)CC2)C(CC)C1. The van der Waals surface area contributed by atoms with Crippen molar-refractivity contribution in [3.05, 3.63) is 65.8 Å². The van der Waals surface area contributed by atoms with Gasteiger partial charge in [-0.15, -0.1) is 10.2 Å². The number of rotatable bonds is 10. The number of hydrogen-bond donors (Lipinski definition) is 1. The number of aromatic nitrogens is 2. The maximum atomic E-state index is 14.4. The lowest BCUT2D eigenvalue weighted by Crippen LogP contribution is -2.58. The normalized spacial score (nSPS) is 23.6. The lowest BCUT2D eigenvalue weighted by molar-refractivity contribution is 0.0175. The van der Waals surface area contributed by atoms with Crippen molar-refractivity contribution in [3.8, 4) is 0 Å². The van der Waals surface area contributed by atoms with Crippen LogP contribution >= 0.6 is 0 Å². The Morgan fingerprint density at radius 2 is 2.00 bits per heavy atom. The number of piperidine rings is 1. The zero-order valence-electron chi connectivity index (χ0n) is 22.7. The first-order chi connectivity index (χ1) is 18.1. The number of allylic oxidation sites excluding steroid dienone is 6. The predicted octanol–water partition coefficient (Wildman–Crippen LogP) is 4.57. The molecule has 2 fully saturated rings. The van der Waals surface area contributed by atoms with Crippen molar-refractivity contribution in [1.82, 2.24) is 30.2 Å². The van der Waals surface area contributed by atoms with Gasteiger partial charge in [0.25, 0.3) is 0 Å². The van der Waals surface area contributed by atoms with Crippen LogP contribution in [0.25, 0.3) is 5.57 Å². The molecule has 1 aromatic heterocycles. The second kappa shape index (κ2) is 13.8. The van der Waals surface area contributed by atoms with Crippen molar-refractivity contribution in [2.45, 2.75) is 58.0 Å². The molecule has 202 valence electrons. The third kappa shape index (κ3) is 7.49. The fraction of sp³-hybridized carbons (Fsp3) is 0.586. The second-order valence-corrected chi connectivity index (χ2v) is 10.3. The lowest BCUT2D eigenvalue weighted by atomic mass is 9.97. The average Bonchev–Trinajstić information content (AvgIpc) is 3.39. The molecular weight excluding hydrogens is 467 g/mol. The zero-order valence-corrected chi connectivity index (χ0v) is 22.7. The molecule has 1 unspecified atom stereocenters. The van der Waals surface area contributed by atoms with Gasteiger partial charge in [0.1, 0.15) is 5.83 Å². The summed E-state index contributed by atoms with van der Waals surface area (Å²) >= 11 is 0. The van der Waals surface area contributed by atoms with E-state index < -0.39 is 0 Å². The summed E-state index contributed by atoms with van der Waals surface area (Å²) in [4.78, 5) is 7.79. The van der Waals surface area contributed by atoms with Gasteiger partial charge in [0.2, 0.25) is 12.3 Å². The van der Waals surface area contributed by atoms with Crippen LogP contribution in [0.5, 0.6) is 0 Å². The molecule has 37 heavy (non-hydrogen) atoms. The summed E-state index contributed by atoms with van der Waals surface area (Å²) in [5.74, 6) is 0.550. The van der Waals surface area contributed by atoms with Crippen LogP contribution in [0.15, 0.2) is 64.4 Å². The Labute approximate surface area is 221 Å². The van der Waals surface area contributed by atoms with Crippen molar-refractivity contribution in [3.63, 3.8) is 0 Å². The van der Waals surface area contributed by atoms with Gasteiger partial charge in [0.05, 0.1) is 5.57 Å². The van der Waals surface area contributed by atoms with Crippen molar-refractivity contribution in [1.29, 1.82) is 0 Å². The molecule has 2 saturated heterocycles. The minimum absolute atomic E-state index is 0.0143. The second-order valence-electron chi connectivity index (χ2n) is 10.3. The van der Waals surface area contributed by atoms with E-state index in [0.29, 0.717) is 24.4 Å². The first-order valence-electron chi connectivity index (χ1n) is 13.9. The molecule has 2 aliphatic heterocycles. The van der Waals surface area contributed by atoms with Crippen LogP contribution in [-0.2, 0) is 0 Å². The van der Waals surface area contributed by atoms with Gasteiger partial charge in [-0.05, 0) is 50.4 Å². The van der Waals surface area contributed by atoms with E-state index >= 15 is 0 Å². The molecule has 7 nitrogen and oxygen atoms in total. The standard InChI is InChI=1S/C29H43FN6O/c1-4-23(17-25(18-31-3)29-33-32-22-37-29)19-35-15-16-36(26(5-2)21-35)27-11-13-34(14-12-27)20-24-9-7-6-8-10-28(24)30/h6-9,17-18,22,26-27,31H,4-5,10-16,19-21H2,1-3H3/b23-17-,25-18+. The molecule has 0 saturated carbocycles. The zero-order chi connectivity index (χ0) is 26.0. The Kier molecular flexibility index (Phi) is 10.3. The maximum Gasteiger partial charge on any atom is 0.248 e. The molecule has 0 aromatic carbocycles. The molecule has 3 heterocycles. The van der Waals surface area contributed by atoms with Gasteiger partial charge < -0.3 is 9.73 Å². The summed E-state index contributed by atoms with van der Waals surface area (Å²) in [6.45, 7) is 11.6. The first-order valence-corrected chi connectivity index (χ1v) is 13.9. The molecule has 0 amide bonds. The Hall–Kier alpha value is -2.55. The van der Waals surface area contributed by atoms with Gasteiger partial charge in [-0.25, -0.2) is 4.39 Å². The van der Waals surface area contributed by atoms with Crippen molar-refractivity contribution >= 4 is 5.57 Å². The van der Waals surface area contributed by atoms with Crippen LogP contribution < -0.4 is 5.32 Å². The van der Waals surface area contributed by atoms with E-state index in [2.05, 4.69) is 50.1 Å². The maximum absolute atomic E-state index is 14.4. The molecule has 3 aliphatic rings. The molecule has 0 radical (unpaired) electrons. The number of likely N-dealkylation sites (tertiary alicyclic amines) is 1. The van der Waals surface area contributed by atoms with Crippen molar-refractivity contribution < 1.29 is 8.81 Å². The van der Waals surface area contributed by atoms with Gasteiger partial charge >= 0.3 is 0 Å². The molecule has 1 aliphatic carbocycles. The summed E-state index contributed by atoms with van der Waals surface area (Å²) in [5, 5.41) is 11.0. The van der Waals surface area contributed by atoms with Gasteiger partial charge in [-0.1, -0.05) is 43.7 Å². The van der Waals surface area contributed by atoms with E-state index in [0.717, 1.165) is 82.6 Å². The van der Waals surface area contributed by atoms with Crippen LogP contribution in [0.1, 0.15) is 51.8 Å². The molecule has 4 rings (SSSR count). The molecular formula is C29H43FN6O. The Bertz CT molecular complexity index is 1000. The molecule has 1 N–H and O–H groups in total. The van der Waals surface area contributed by atoms with Gasteiger partial charge in [0, 0.05) is 64.5 Å². The predicted molar refractivity (Wildman–Crippen MR) is 147 cm³/mol. The topological polar surface area (TPSA) is 60.7 Å². The van der Waals surface area contributed by atoms with Crippen molar-refractivity contribution in [2.24, 2.45) is 0 Å². The van der Waals surface area contributed by atoms with E-state index in [9.17, 15) is 4.39 Å². The number of nitrogens with zero attached hydrogens (tertiary/aromatic N) is 5. The Morgan fingerprint density at radius 3 is 2.70 bits per heavy atom. The summed E-state index contributed by atoms with van der Waals surface area (Å²) in [5.41, 5.74) is 3.12. The quantitative estimate of drug-likeness (QED) is 0.463. The van der Waals surface area contributed by atoms with E-state index in [1.807, 2.05) is 37.6 Å². The van der Waals surface area contributed by atoms with Gasteiger partial charge in [-0.3, -0.25) is 14.7 Å². The highest BCUT2D eigenvalue weighted by Crippen LogP contribution is 2.26. The molecule has 1 aromatic rings. The third-order valence-electron chi connectivity index (χ3n) is 7.84. The van der Waals surface area contributed by atoms with Crippen LogP contribution in [-0.4, -0.2) is 89.8 Å². The highest BCUT2D eigenvalue weighted by Gasteiger charge is 2.33. The van der Waals surface area contributed by atoms with Crippen LogP contribution in [0, 0.1) is 0 Å². The van der Waals surface area contributed by atoms with E-state index in [4.69, 9.17) is 4.42 Å². The number of hydrogen-bond acceptors (Lipinski definition) is 7. The average molecular weight is 511 g/mol. The molecule has 8 heteroatoms. The Morgan fingerprint density at radius 1 is 1.16 bits per heavy atom. The minimum Gasteiger partial charge on any atom is -0.423 e. The smallest absolute Gasteiger partial charge is 0.248 e. The third-order valence-corrected chi connectivity index (χ3v) is 7.84. The largest absolute Gasteiger partial charge is 0.423 e. The monoisotopic (exact) mass is 510 g/mol. The highest BCUT2D eigenvalue weighted by molar-refractivity contribution is 5.68. The minimum atomic E-state index is 0.0143. The van der Waals surface area contributed by atoms with Gasteiger partial charge in [-0.2, -0.15) is 0 Å². The first kappa shape index (κ1) is 27.5. The van der Waals surface area contributed by atoms with E-state index in [1.54, 1.807) is 0 Å². The molecule has 0 bridgehead atoms. The number of halogens is 1. The molecule has 0 spiro atoms. The highest BCUT2D eigenvalue weighted by atomic mass is 19.1. The summed E-state index contributed by atoms with van der Waals surface area (Å²) in [6.07, 6.45) is 18.1. The fourth-order valence-corrected chi connectivity index (χ4v) is 5.74. The van der Waals surface area contributed by atoms with E-state index in [1.165, 1.54) is 12.0 Å². The summed E-state index contributed by atoms with van der Waals surface area (Å²) in [6, 6.07) is 1.19. The van der Waals surface area contributed by atoms with Crippen molar-refractivity contribution in [2.75, 3.05) is 52.9 Å². The Balaban J connectivity index is 1.31. The summed E-state index contributed by atoms with van der Waals surface area (Å²) < 4.78 is 19.8. The van der Waals surface area contributed by atoms with E-state index in [-0.39, 0.29) is 5.83 Å². The van der Waals surface area contributed by atoms with Crippen LogP contribution in [0.2, 0.25) is 0 Å². The van der Waals surface area contributed by atoms with Gasteiger partial charge in [0.15, 0.2) is 0 Å². The number of nitrogens with one attached hydrogen (secondary N) is 1. The summed E-state index contributed by atoms with van der Waals surface area (Å²) in [7, 11) is 1.88. The lowest BCUT2D eigenvalue weighted by Gasteiger charge is -2.47. The van der Waals surface area contributed by atoms with Crippen LogP contribution in [0.4, 0.5) is 4.39 Å². The number of piperazine rings is 1. The fourth-order valence-electron chi connectivity index (χ4n) is 5.74. The molecule has 1 atom stereocenters. The van der Waals surface area contributed by atoms with Crippen LogP contribution in [0.3, 0.4) is 0 Å².